The lowest BCUT2D eigenvalue weighted by molar-refractivity contribution is -0.145. The molecule has 150 valence electrons. The number of carbonyl (C=O) groups is 2. The van der Waals surface area contributed by atoms with Gasteiger partial charge in [-0.1, -0.05) is 48.5 Å². The highest BCUT2D eigenvalue weighted by Gasteiger charge is 2.41. The SMILES string of the molecule is O=C(O)C1CC2CCC1CN(C(=O)OCC1c3ccccc3-c3ccccc31)C2. The number of benzene rings is 2. The Hall–Kier alpha value is -2.82. The van der Waals surface area contributed by atoms with Crippen molar-refractivity contribution in [2.24, 2.45) is 17.8 Å². The van der Waals surface area contributed by atoms with Gasteiger partial charge in [-0.3, -0.25) is 4.79 Å². The first kappa shape index (κ1) is 18.2. The highest BCUT2D eigenvalue weighted by molar-refractivity contribution is 5.79. The molecule has 1 saturated carbocycles. The van der Waals surface area contributed by atoms with Crippen molar-refractivity contribution < 1.29 is 19.4 Å². The van der Waals surface area contributed by atoms with Gasteiger partial charge in [-0.05, 0) is 53.4 Å². The molecule has 2 bridgehead atoms. The van der Waals surface area contributed by atoms with Crippen LogP contribution in [0.5, 0.6) is 0 Å². The molecule has 5 nitrogen and oxygen atoms in total. The van der Waals surface area contributed by atoms with Crippen LogP contribution >= 0.6 is 0 Å². The summed E-state index contributed by atoms with van der Waals surface area (Å²) in [5, 5.41) is 9.51. The topological polar surface area (TPSA) is 66.8 Å². The standard InChI is InChI=1S/C24H25NO4/c26-23(27)21-11-15-9-10-16(21)13-25(12-15)24(28)29-14-22-19-7-3-1-5-17(19)18-6-2-4-8-20(18)22/h1-8,15-16,21-22H,9-14H2,(H,26,27). The average Bonchev–Trinajstić information content (AvgIpc) is 2.87. The van der Waals surface area contributed by atoms with Crippen molar-refractivity contribution in [1.82, 2.24) is 4.90 Å². The third-order valence-electron chi connectivity index (χ3n) is 6.95. The minimum atomic E-state index is -0.728. The fourth-order valence-corrected chi connectivity index (χ4v) is 5.51. The summed E-state index contributed by atoms with van der Waals surface area (Å²) < 4.78 is 5.79. The van der Waals surface area contributed by atoms with Crippen molar-refractivity contribution in [2.45, 2.75) is 25.2 Å². The summed E-state index contributed by atoms with van der Waals surface area (Å²) in [6.45, 7) is 1.40. The molecule has 2 aromatic carbocycles. The van der Waals surface area contributed by atoms with Crippen LogP contribution in [0.1, 0.15) is 36.3 Å². The minimum Gasteiger partial charge on any atom is -0.481 e. The molecule has 2 aliphatic carbocycles. The highest BCUT2D eigenvalue weighted by atomic mass is 16.6. The number of rotatable bonds is 3. The third kappa shape index (κ3) is 3.18. The van der Waals surface area contributed by atoms with E-state index in [2.05, 4.69) is 24.3 Å². The Bertz CT molecular complexity index is 910. The number of nitrogens with zero attached hydrogens (tertiary/aromatic N) is 1. The van der Waals surface area contributed by atoms with Gasteiger partial charge in [0.2, 0.25) is 0 Å². The molecule has 0 aromatic heterocycles. The van der Waals surface area contributed by atoms with E-state index < -0.39 is 5.97 Å². The predicted molar refractivity (Wildman–Crippen MR) is 109 cm³/mol. The summed E-state index contributed by atoms with van der Waals surface area (Å²) in [7, 11) is 0. The number of ether oxygens (including phenoxy) is 1. The summed E-state index contributed by atoms with van der Waals surface area (Å²) in [5.41, 5.74) is 4.81. The fourth-order valence-electron chi connectivity index (χ4n) is 5.51. The number of carbonyl (C=O) groups excluding carboxylic acids is 1. The van der Waals surface area contributed by atoms with Gasteiger partial charge in [-0.2, -0.15) is 0 Å². The quantitative estimate of drug-likeness (QED) is 0.844. The van der Waals surface area contributed by atoms with Crippen molar-refractivity contribution in [3.05, 3.63) is 59.7 Å². The molecule has 0 radical (unpaired) electrons. The van der Waals surface area contributed by atoms with Crippen LogP contribution < -0.4 is 0 Å². The molecule has 3 atom stereocenters. The van der Waals surface area contributed by atoms with E-state index in [1.807, 2.05) is 24.3 Å². The molecule has 3 unspecified atom stereocenters. The second-order valence-electron chi connectivity index (χ2n) is 8.59. The average molecular weight is 391 g/mol. The summed E-state index contributed by atoms with van der Waals surface area (Å²) in [6, 6.07) is 16.6. The summed E-state index contributed by atoms with van der Waals surface area (Å²) in [5.74, 6) is -0.724. The number of amides is 1. The molecular formula is C24H25NO4. The van der Waals surface area contributed by atoms with Crippen molar-refractivity contribution in [3.8, 4) is 11.1 Å². The van der Waals surface area contributed by atoms with Crippen molar-refractivity contribution in [2.75, 3.05) is 19.7 Å². The van der Waals surface area contributed by atoms with E-state index >= 15 is 0 Å². The van der Waals surface area contributed by atoms with Crippen LogP contribution in [0, 0.1) is 17.8 Å². The number of carboxylic acid groups (broad SMARTS) is 1. The molecule has 29 heavy (non-hydrogen) atoms. The maximum atomic E-state index is 12.9. The van der Waals surface area contributed by atoms with E-state index in [0.29, 0.717) is 26.1 Å². The summed E-state index contributed by atoms with van der Waals surface area (Å²) >= 11 is 0. The molecule has 3 fully saturated rings. The minimum absolute atomic E-state index is 0.0340. The van der Waals surface area contributed by atoms with Crippen LogP contribution in [0.3, 0.4) is 0 Å². The van der Waals surface area contributed by atoms with Gasteiger partial charge in [0.1, 0.15) is 6.61 Å². The maximum Gasteiger partial charge on any atom is 0.409 e. The van der Waals surface area contributed by atoms with E-state index in [1.165, 1.54) is 22.3 Å². The zero-order chi connectivity index (χ0) is 20.0. The molecule has 1 amide bonds. The van der Waals surface area contributed by atoms with E-state index in [-0.39, 0.29) is 29.8 Å². The number of hydrogen-bond acceptors (Lipinski definition) is 3. The van der Waals surface area contributed by atoms with E-state index in [4.69, 9.17) is 4.74 Å². The highest BCUT2D eigenvalue weighted by Crippen LogP contribution is 2.45. The number of aliphatic carboxylic acids is 1. The third-order valence-corrected chi connectivity index (χ3v) is 6.95. The maximum absolute atomic E-state index is 12.9. The largest absolute Gasteiger partial charge is 0.481 e. The Kier molecular flexibility index (Phi) is 4.53. The molecule has 1 N–H and O–H groups in total. The lowest BCUT2D eigenvalue weighted by Crippen LogP contribution is -2.37. The van der Waals surface area contributed by atoms with Gasteiger partial charge in [0.05, 0.1) is 5.92 Å². The van der Waals surface area contributed by atoms with Gasteiger partial charge < -0.3 is 14.7 Å². The molecule has 6 rings (SSSR count). The lowest BCUT2D eigenvalue weighted by Gasteiger charge is -2.28. The molecule has 2 heterocycles. The van der Waals surface area contributed by atoms with Gasteiger partial charge in [-0.15, -0.1) is 0 Å². The van der Waals surface area contributed by atoms with Crippen LogP contribution in [-0.4, -0.2) is 41.8 Å². The Balaban J connectivity index is 1.31. The lowest BCUT2D eigenvalue weighted by atomic mass is 9.76. The van der Waals surface area contributed by atoms with Crippen LogP contribution in [0.25, 0.3) is 11.1 Å². The first-order chi connectivity index (χ1) is 14.1. The molecule has 2 saturated heterocycles. The van der Waals surface area contributed by atoms with Crippen molar-refractivity contribution in [1.29, 1.82) is 0 Å². The second-order valence-corrected chi connectivity index (χ2v) is 8.59. The number of hydrogen-bond donors (Lipinski definition) is 1. The smallest absolute Gasteiger partial charge is 0.409 e. The van der Waals surface area contributed by atoms with Gasteiger partial charge >= 0.3 is 12.1 Å². The number of fused-ring (bicyclic) bond motifs is 7. The predicted octanol–water partition coefficient (Wildman–Crippen LogP) is 4.37. The summed E-state index contributed by atoms with van der Waals surface area (Å²) in [4.78, 5) is 26.2. The fraction of sp³-hybridized carbons (Fsp3) is 0.417. The zero-order valence-corrected chi connectivity index (χ0v) is 16.3. The van der Waals surface area contributed by atoms with Crippen LogP contribution in [0.15, 0.2) is 48.5 Å². The molecule has 2 aliphatic heterocycles. The normalized spacial score (nSPS) is 25.2. The Morgan fingerprint density at radius 3 is 2.28 bits per heavy atom. The Morgan fingerprint density at radius 1 is 0.966 bits per heavy atom. The van der Waals surface area contributed by atoms with Crippen molar-refractivity contribution >= 4 is 12.1 Å². The van der Waals surface area contributed by atoms with Gasteiger partial charge in [-0.25, -0.2) is 4.79 Å². The second kappa shape index (κ2) is 7.21. The van der Waals surface area contributed by atoms with E-state index in [1.54, 1.807) is 4.90 Å². The monoisotopic (exact) mass is 391 g/mol. The first-order valence-corrected chi connectivity index (χ1v) is 10.4. The van der Waals surface area contributed by atoms with Crippen LogP contribution in [-0.2, 0) is 9.53 Å². The molecule has 2 aromatic rings. The van der Waals surface area contributed by atoms with Gasteiger partial charge in [0, 0.05) is 19.0 Å². The summed E-state index contributed by atoms with van der Waals surface area (Å²) in [6.07, 6.45) is 2.25. The molecular weight excluding hydrogens is 366 g/mol. The van der Waals surface area contributed by atoms with E-state index in [9.17, 15) is 14.7 Å². The van der Waals surface area contributed by atoms with Gasteiger partial charge in [0.25, 0.3) is 0 Å². The molecule has 0 spiro atoms. The van der Waals surface area contributed by atoms with E-state index in [0.717, 1.165) is 12.8 Å². The van der Waals surface area contributed by atoms with Gasteiger partial charge in [0.15, 0.2) is 0 Å². The Morgan fingerprint density at radius 2 is 1.62 bits per heavy atom. The Labute approximate surface area is 170 Å². The van der Waals surface area contributed by atoms with Crippen LogP contribution in [0.2, 0.25) is 0 Å². The molecule has 4 aliphatic rings. The van der Waals surface area contributed by atoms with Crippen LogP contribution in [0.4, 0.5) is 4.79 Å². The zero-order valence-electron chi connectivity index (χ0n) is 16.3. The molecule has 5 heteroatoms. The van der Waals surface area contributed by atoms with Crippen molar-refractivity contribution in [3.63, 3.8) is 0 Å². The first-order valence-electron chi connectivity index (χ1n) is 10.4. The number of carboxylic acids is 1.